The summed E-state index contributed by atoms with van der Waals surface area (Å²) in [6.45, 7) is 3.15. The molecule has 1 heterocycles. The first-order valence-electron chi connectivity index (χ1n) is 10.3. The van der Waals surface area contributed by atoms with Crippen LogP contribution in [-0.4, -0.2) is 67.5 Å². The van der Waals surface area contributed by atoms with Crippen molar-refractivity contribution in [2.24, 2.45) is 0 Å². The van der Waals surface area contributed by atoms with Crippen LogP contribution in [0.3, 0.4) is 0 Å². The van der Waals surface area contributed by atoms with Crippen LogP contribution in [-0.2, 0) is 9.59 Å². The number of methoxy groups -OCH3 is 1. The minimum Gasteiger partial charge on any atom is -0.507 e. The zero-order valence-electron chi connectivity index (χ0n) is 18.6. The van der Waals surface area contributed by atoms with Crippen LogP contribution in [0.2, 0.25) is 5.02 Å². The molecule has 7 nitrogen and oxygen atoms in total. The molecule has 1 atom stereocenters. The zero-order chi connectivity index (χ0) is 23.4. The number of ketones is 1. The second-order valence-corrected chi connectivity index (χ2v) is 8.05. The standard InChI is InChI=1S/C24H27ClN2O5/c1-5-32-17-10-11-19(25)18(14-17)22(28)20-21(15-6-8-16(31-4)9-7-15)27(13-12-26(2)3)24(30)23(20)29/h6-11,14,21,28H,5,12-13H2,1-4H3/b22-20+. The monoisotopic (exact) mass is 458 g/mol. The maximum atomic E-state index is 13.1. The fraction of sp³-hybridized carbons (Fsp3) is 0.333. The summed E-state index contributed by atoms with van der Waals surface area (Å²) in [5.41, 5.74) is 0.915. The van der Waals surface area contributed by atoms with E-state index < -0.39 is 17.7 Å². The maximum Gasteiger partial charge on any atom is 0.295 e. The highest BCUT2D eigenvalue weighted by Crippen LogP contribution is 2.41. The van der Waals surface area contributed by atoms with E-state index in [2.05, 4.69) is 0 Å². The number of likely N-dealkylation sites (N-methyl/N-ethyl adjacent to an activating group) is 1. The molecule has 1 amide bonds. The van der Waals surface area contributed by atoms with Gasteiger partial charge in [0.25, 0.3) is 11.7 Å². The Balaban J connectivity index is 2.16. The molecular weight excluding hydrogens is 432 g/mol. The van der Waals surface area contributed by atoms with Crippen LogP contribution in [0, 0.1) is 0 Å². The van der Waals surface area contributed by atoms with Crippen LogP contribution in [0.1, 0.15) is 24.1 Å². The summed E-state index contributed by atoms with van der Waals surface area (Å²) >= 11 is 6.34. The quantitative estimate of drug-likeness (QED) is 0.369. The molecular formula is C24H27ClN2O5. The van der Waals surface area contributed by atoms with E-state index in [-0.39, 0.29) is 21.9 Å². The number of aliphatic hydroxyl groups is 1. The molecule has 0 aromatic heterocycles. The zero-order valence-corrected chi connectivity index (χ0v) is 19.3. The lowest BCUT2D eigenvalue weighted by Crippen LogP contribution is -2.35. The number of rotatable bonds is 8. The van der Waals surface area contributed by atoms with E-state index in [1.807, 2.05) is 25.9 Å². The van der Waals surface area contributed by atoms with Gasteiger partial charge in [-0.3, -0.25) is 9.59 Å². The molecule has 1 N–H and O–H groups in total. The molecule has 1 unspecified atom stereocenters. The van der Waals surface area contributed by atoms with Crippen LogP contribution in [0.4, 0.5) is 0 Å². The van der Waals surface area contributed by atoms with Crippen molar-refractivity contribution in [2.75, 3.05) is 40.9 Å². The van der Waals surface area contributed by atoms with Gasteiger partial charge in [0.1, 0.15) is 17.3 Å². The van der Waals surface area contributed by atoms with Crippen molar-refractivity contribution in [3.8, 4) is 11.5 Å². The smallest absolute Gasteiger partial charge is 0.295 e. The number of aliphatic hydroxyl groups excluding tert-OH is 1. The van der Waals surface area contributed by atoms with Gasteiger partial charge in [-0.05, 0) is 56.9 Å². The van der Waals surface area contributed by atoms with E-state index >= 15 is 0 Å². The summed E-state index contributed by atoms with van der Waals surface area (Å²) < 4.78 is 10.7. The number of ether oxygens (including phenoxy) is 2. The van der Waals surface area contributed by atoms with Crippen LogP contribution in [0.5, 0.6) is 11.5 Å². The van der Waals surface area contributed by atoms with Crippen molar-refractivity contribution < 1.29 is 24.2 Å². The van der Waals surface area contributed by atoms with E-state index in [0.29, 0.717) is 36.8 Å². The second kappa shape index (κ2) is 10.1. The number of hydrogen-bond acceptors (Lipinski definition) is 6. The highest BCUT2D eigenvalue weighted by molar-refractivity contribution is 6.47. The van der Waals surface area contributed by atoms with Crippen LogP contribution < -0.4 is 9.47 Å². The third-order valence-electron chi connectivity index (χ3n) is 5.26. The van der Waals surface area contributed by atoms with Gasteiger partial charge >= 0.3 is 0 Å². The topological polar surface area (TPSA) is 79.3 Å². The van der Waals surface area contributed by atoms with Gasteiger partial charge in [0.2, 0.25) is 0 Å². The summed E-state index contributed by atoms with van der Waals surface area (Å²) in [7, 11) is 5.33. The van der Waals surface area contributed by atoms with Crippen molar-refractivity contribution in [3.63, 3.8) is 0 Å². The van der Waals surface area contributed by atoms with E-state index in [4.69, 9.17) is 21.1 Å². The lowest BCUT2D eigenvalue weighted by molar-refractivity contribution is -0.140. The van der Waals surface area contributed by atoms with Crippen molar-refractivity contribution in [1.29, 1.82) is 0 Å². The Morgan fingerprint density at radius 1 is 1.12 bits per heavy atom. The molecule has 1 saturated heterocycles. The lowest BCUT2D eigenvalue weighted by atomic mass is 9.95. The number of amides is 1. The molecule has 3 rings (SSSR count). The molecule has 1 aliphatic rings. The minimum atomic E-state index is -0.757. The van der Waals surface area contributed by atoms with Gasteiger partial charge < -0.3 is 24.4 Å². The van der Waals surface area contributed by atoms with Crippen molar-refractivity contribution >= 4 is 29.1 Å². The number of carbonyl (C=O) groups excluding carboxylic acids is 2. The first-order chi connectivity index (χ1) is 15.3. The van der Waals surface area contributed by atoms with E-state index in [1.165, 1.54) is 4.90 Å². The van der Waals surface area contributed by atoms with Gasteiger partial charge in [-0.15, -0.1) is 0 Å². The highest BCUT2D eigenvalue weighted by Gasteiger charge is 2.46. The van der Waals surface area contributed by atoms with Gasteiger partial charge in [-0.25, -0.2) is 0 Å². The lowest BCUT2D eigenvalue weighted by Gasteiger charge is -2.26. The number of halogens is 1. The van der Waals surface area contributed by atoms with E-state index in [1.54, 1.807) is 49.6 Å². The second-order valence-electron chi connectivity index (χ2n) is 7.64. The average Bonchev–Trinajstić information content (AvgIpc) is 3.03. The van der Waals surface area contributed by atoms with Crippen LogP contribution >= 0.6 is 11.6 Å². The normalized spacial score (nSPS) is 17.8. The third-order valence-corrected chi connectivity index (χ3v) is 5.59. The number of likely N-dealkylation sites (tertiary alicyclic amines) is 1. The highest BCUT2D eigenvalue weighted by atomic mass is 35.5. The first-order valence-corrected chi connectivity index (χ1v) is 10.7. The number of nitrogens with zero attached hydrogens (tertiary/aromatic N) is 2. The van der Waals surface area contributed by atoms with Crippen molar-refractivity contribution in [2.45, 2.75) is 13.0 Å². The molecule has 8 heteroatoms. The molecule has 32 heavy (non-hydrogen) atoms. The molecule has 1 aliphatic heterocycles. The molecule has 0 bridgehead atoms. The van der Waals surface area contributed by atoms with Gasteiger partial charge in [0.15, 0.2) is 0 Å². The van der Waals surface area contributed by atoms with Crippen LogP contribution in [0.15, 0.2) is 48.0 Å². The Morgan fingerprint density at radius 2 is 1.78 bits per heavy atom. The number of benzene rings is 2. The molecule has 0 spiro atoms. The third kappa shape index (κ3) is 4.74. The van der Waals surface area contributed by atoms with Crippen molar-refractivity contribution in [1.82, 2.24) is 9.80 Å². The predicted molar refractivity (Wildman–Crippen MR) is 123 cm³/mol. The Labute approximate surface area is 192 Å². The Hall–Kier alpha value is -3.03. The molecule has 2 aromatic carbocycles. The summed E-state index contributed by atoms with van der Waals surface area (Å²) in [5, 5.41) is 11.5. The average molecular weight is 459 g/mol. The molecule has 0 aliphatic carbocycles. The van der Waals surface area contributed by atoms with Gasteiger partial charge in [0.05, 0.1) is 30.4 Å². The maximum absolute atomic E-state index is 13.1. The molecule has 0 saturated carbocycles. The summed E-state index contributed by atoms with van der Waals surface area (Å²) in [6.07, 6.45) is 0. The largest absolute Gasteiger partial charge is 0.507 e. The number of carbonyl (C=O) groups is 2. The molecule has 0 radical (unpaired) electrons. The predicted octanol–water partition coefficient (Wildman–Crippen LogP) is 3.73. The Morgan fingerprint density at radius 3 is 2.38 bits per heavy atom. The Kier molecular flexibility index (Phi) is 7.43. The summed E-state index contributed by atoms with van der Waals surface area (Å²) in [4.78, 5) is 29.4. The van der Waals surface area contributed by atoms with Crippen LogP contribution in [0.25, 0.3) is 5.76 Å². The number of hydrogen-bond donors (Lipinski definition) is 1. The van der Waals surface area contributed by atoms with E-state index in [0.717, 1.165) is 0 Å². The molecule has 2 aromatic rings. The van der Waals surface area contributed by atoms with Gasteiger partial charge in [0, 0.05) is 18.7 Å². The van der Waals surface area contributed by atoms with Gasteiger partial charge in [-0.2, -0.15) is 0 Å². The minimum absolute atomic E-state index is 0.00512. The first kappa shape index (κ1) is 23.6. The molecule has 1 fully saturated rings. The van der Waals surface area contributed by atoms with E-state index in [9.17, 15) is 14.7 Å². The SMILES string of the molecule is CCOc1ccc(Cl)c(/C(O)=C2\C(=O)C(=O)N(CCN(C)C)C2c2ccc(OC)cc2)c1. The number of Topliss-reactive ketones (excluding diaryl/α,β-unsaturated/α-hetero) is 1. The Bertz CT molecular complexity index is 1030. The summed E-state index contributed by atoms with van der Waals surface area (Å²) in [6, 6.07) is 11.2. The summed E-state index contributed by atoms with van der Waals surface area (Å²) in [5.74, 6) is -0.595. The van der Waals surface area contributed by atoms with Crippen molar-refractivity contribution in [3.05, 3.63) is 64.2 Å². The van der Waals surface area contributed by atoms with Gasteiger partial charge in [-0.1, -0.05) is 23.7 Å². The fourth-order valence-corrected chi connectivity index (χ4v) is 3.85. The molecule has 170 valence electrons. The fourth-order valence-electron chi connectivity index (χ4n) is 3.64.